The Balaban J connectivity index is 1.57. The van der Waals surface area contributed by atoms with E-state index in [-0.39, 0.29) is 6.29 Å². The molecule has 2 unspecified atom stereocenters. The van der Waals surface area contributed by atoms with Gasteiger partial charge in [-0.15, -0.1) is 0 Å². The third-order valence-corrected chi connectivity index (χ3v) is 4.84. The average molecular weight is 370 g/mol. The molecule has 1 heterocycles. The first-order chi connectivity index (χ1) is 13.1. The number of carboxylic acids is 1. The van der Waals surface area contributed by atoms with Gasteiger partial charge in [0, 0.05) is 6.61 Å². The van der Waals surface area contributed by atoms with E-state index in [0.29, 0.717) is 25.0 Å². The minimum atomic E-state index is -0.941. The van der Waals surface area contributed by atoms with Gasteiger partial charge in [-0.1, -0.05) is 42.5 Å². The highest BCUT2D eigenvalue weighted by atomic mass is 16.7. The lowest BCUT2D eigenvalue weighted by atomic mass is 9.97. The van der Waals surface area contributed by atoms with Crippen LogP contribution in [-0.2, 0) is 22.5 Å². The Morgan fingerprint density at radius 3 is 2.81 bits per heavy atom. The number of carboxylic acid groups (broad SMARTS) is 1. The summed E-state index contributed by atoms with van der Waals surface area (Å²) in [6.45, 7) is 1.20. The van der Waals surface area contributed by atoms with Crippen molar-refractivity contribution in [3.05, 3.63) is 70.8 Å². The highest BCUT2D eigenvalue weighted by Crippen LogP contribution is 2.23. The molecule has 3 rings (SSSR count). The van der Waals surface area contributed by atoms with Crippen LogP contribution in [0, 0.1) is 0 Å². The van der Waals surface area contributed by atoms with Gasteiger partial charge in [0.05, 0.1) is 18.3 Å². The predicted molar refractivity (Wildman–Crippen MR) is 102 cm³/mol. The molecule has 1 aliphatic heterocycles. The maximum atomic E-state index is 11.3. The zero-order valence-corrected chi connectivity index (χ0v) is 15.3. The van der Waals surface area contributed by atoms with Crippen molar-refractivity contribution >= 4 is 5.97 Å². The van der Waals surface area contributed by atoms with E-state index in [1.807, 2.05) is 30.3 Å². The minimum absolute atomic E-state index is 0.139. The molecular weight excluding hydrogens is 344 g/mol. The number of aliphatic hydroxyl groups is 1. The van der Waals surface area contributed by atoms with Gasteiger partial charge in [0.25, 0.3) is 0 Å². The van der Waals surface area contributed by atoms with Crippen molar-refractivity contribution in [2.45, 2.75) is 51.1 Å². The van der Waals surface area contributed by atoms with Crippen molar-refractivity contribution in [2.24, 2.45) is 0 Å². The lowest BCUT2D eigenvalue weighted by molar-refractivity contribution is -0.168. The summed E-state index contributed by atoms with van der Waals surface area (Å²) in [6.07, 6.45) is 3.30. The molecule has 0 radical (unpaired) electrons. The Kier molecular flexibility index (Phi) is 6.98. The number of carbonyl (C=O) groups is 1. The molecule has 2 aromatic carbocycles. The van der Waals surface area contributed by atoms with Crippen LogP contribution in [-0.4, -0.2) is 29.1 Å². The summed E-state index contributed by atoms with van der Waals surface area (Å²) in [6, 6.07) is 14.6. The SMILES string of the molecule is O=C(O)c1ccccc1CCC(O)c1cccc(COC2CCCCO2)c1. The van der Waals surface area contributed by atoms with Crippen LogP contribution in [0.25, 0.3) is 0 Å². The average Bonchev–Trinajstić information content (AvgIpc) is 2.71. The molecule has 144 valence electrons. The molecule has 1 aliphatic rings. The van der Waals surface area contributed by atoms with Gasteiger partial charge in [-0.25, -0.2) is 4.79 Å². The van der Waals surface area contributed by atoms with E-state index in [2.05, 4.69) is 0 Å². The standard InChI is InChI=1S/C22H26O5/c23-20(12-11-17-7-1-2-9-19(17)22(24)25)18-8-5-6-16(14-18)15-27-21-10-3-4-13-26-21/h1-2,5-9,14,20-21,23H,3-4,10-13,15H2,(H,24,25). The number of aliphatic hydroxyl groups excluding tert-OH is 1. The van der Waals surface area contributed by atoms with Crippen LogP contribution in [0.15, 0.2) is 48.5 Å². The molecule has 2 aromatic rings. The number of ether oxygens (including phenoxy) is 2. The van der Waals surface area contributed by atoms with Gasteiger partial charge in [-0.05, 0) is 54.9 Å². The molecule has 5 heteroatoms. The summed E-state index contributed by atoms with van der Waals surface area (Å²) < 4.78 is 11.4. The highest BCUT2D eigenvalue weighted by molar-refractivity contribution is 5.89. The quantitative estimate of drug-likeness (QED) is 0.732. The van der Waals surface area contributed by atoms with Crippen LogP contribution < -0.4 is 0 Å². The second-order valence-corrected chi connectivity index (χ2v) is 6.87. The fourth-order valence-electron chi connectivity index (χ4n) is 3.33. The number of aryl methyl sites for hydroxylation is 1. The Morgan fingerprint density at radius 2 is 2.04 bits per heavy atom. The van der Waals surface area contributed by atoms with Gasteiger partial charge in [-0.3, -0.25) is 0 Å². The van der Waals surface area contributed by atoms with E-state index in [4.69, 9.17) is 9.47 Å². The highest BCUT2D eigenvalue weighted by Gasteiger charge is 2.15. The smallest absolute Gasteiger partial charge is 0.335 e. The van der Waals surface area contributed by atoms with Crippen molar-refractivity contribution in [3.8, 4) is 0 Å². The molecule has 27 heavy (non-hydrogen) atoms. The lowest BCUT2D eigenvalue weighted by Gasteiger charge is -2.23. The van der Waals surface area contributed by atoms with E-state index < -0.39 is 12.1 Å². The first kappa shape index (κ1) is 19.5. The van der Waals surface area contributed by atoms with Crippen molar-refractivity contribution in [1.82, 2.24) is 0 Å². The molecule has 0 aromatic heterocycles. The summed E-state index contributed by atoms with van der Waals surface area (Å²) in [5, 5.41) is 19.8. The van der Waals surface area contributed by atoms with Gasteiger partial charge in [-0.2, -0.15) is 0 Å². The Morgan fingerprint density at radius 1 is 1.19 bits per heavy atom. The maximum absolute atomic E-state index is 11.3. The van der Waals surface area contributed by atoms with E-state index in [1.54, 1.807) is 18.2 Å². The lowest BCUT2D eigenvalue weighted by Crippen LogP contribution is -2.22. The van der Waals surface area contributed by atoms with Gasteiger partial charge >= 0.3 is 5.97 Å². The number of rotatable bonds is 8. The molecule has 0 amide bonds. The number of hydrogen-bond acceptors (Lipinski definition) is 4. The summed E-state index contributed by atoms with van der Waals surface area (Å²) >= 11 is 0. The van der Waals surface area contributed by atoms with E-state index in [9.17, 15) is 15.0 Å². The fraction of sp³-hybridized carbons (Fsp3) is 0.409. The second kappa shape index (κ2) is 9.65. The first-order valence-electron chi connectivity index (χ1n) is 9.45. The van der Waals surface area contributed by atoms with Gasteiger partial charge in [0.15, 0.2) is 6.29 Å². The number of hydrogen-bond donors (Lipinski definition) is 2. The zero-order chi connectivity index (χ0) is 19.1. The topological polar surface area (TPSA) is 76.0 Å². The van der Waals surface area contributed by atoms with Crippen LogP contribution in [0.5, 0.6) is 0 Å². The van der Waals surface area contributed by atoms with Crippen molar-refractivity contribution < 1.29 is 24.5 Å². The van der Waals surface area contributed by atoms with Crippen LogP contribution in [0.4, 0.5) is 0 Å². The molecule has 0 saturated carbocycles. The van der Waals surface area contributed by atoms with Crippen molar-refractivity contribution in [3.63, 3.8) is 0 Å². The summed E-state index contributed by atoms with van der Waals surface area (Å²) in [4.78, 5) is 11.3. The van der Waals surface area contributed by atoms with Gasteiger partial charge < -0.3 is 19.7 Å². The zero-order valence-electron chi connectivity index (χ0n) is 15.3. The van der Waals surface area contributed by atoms with E-state index >= 15 is 0 Å². The van der Waals surface area contributed by atoms with Crippen LogP contribution in [0.2, 0.25) is 0 Å². The first-order valence-corrected chi connectivity index (χ1v) is 9.45. The molecule has 0 spiro atoms. The predicted octanol–water partition coefficient (Wildman–Crippen LogP) is 4.09. The monoisotopic (exact) mass is 370 g/mol. The summed E-state index contributed by atoms with van der Waals surface area (Å²) in [5.41, 5.74) is 2.83. The van der Waals surface area contributed by atoms with Crippen molar-refractivity contribution in [2.75, 3.05) is 6.61 Å². The summed E-state index contributed by atoms with van der Waals surface area (Å²) in [5.74, 6) is -0.941. The third kappa shape index (κ3) is 5.63. The van der Waals surface area contributed by atoms with Crippen molar-refractivity contribution in [1.29, 1.82) is 0 Å². The summed E-state index contributed by atoms with van der Waals surface area (Å²) in [7, 11) is 0. The van der Waals surface area contributed by atoms with Crippen LogP contribution in [0.1, 0.15) is 58.8 Å². The van der Waals surface area contributed by atoms with Crippen LogP contribution >= 0.6 is 0 Å². The molecule has 1 saturated heterocycles. The normalized spacial score (nSPS) is 18.2. The largest absolute Gasteiger partial charge is 0.478 e. The van der Waals surface area contributed by atoms with Gasteiger partial charge in [0.1, 0.15) is 0 Å². The van der Waals surface area contributed by atoms with Gasteiger partial charge in [0.2, 0.25) is 0 Å². The minimum Gasteiger partial charge on any atom is -0.478 e. The molecular formula is C22H26O5. The third-order valence-electron chi connectivity index (χ3n) is 4.84. The molecule has 0 aliphatic carbocycles. The maximum Gasteiger partial charge on any atom is 0.335 e. The number of benzene rings is 2. The fourth-order valence-corrected chi connectivity index (χ4v) is 3.33. The number of aromatic carboxylic acids is 1. The molecule has 2 atom stereocenters. The Bertz CT molecular complexity index is 752. The second-order valence-electron chi connectivity index (χ2n) is 6.87. The molecule has 1 fully saturated rings. The van der Waals surface area contributed by atoms with E-state index in [0.717, 1.165) is 42.6 Å². The molecule has 5 nitrogen and oxygen atoms in total. The van der Waals surface area contributed by atoms with Crippen LogP contribution in [0.3, 0.4) is 0 Å². The molecule has 0 bridgehead atoms. The Labute approximate surface area is 159 Å². The Hall–Kier alpha value is -2.21. The molecule has 2 N–H and O–H groups in total. The van der Waals surface area contributed by atoms with E-state index in [1.165, 1.54) is 0 Å².